The molecule has 0 bridgehead atoms. The van der Waals surface area contributed by atoms with Crippen LogP contribution >= 0.6 is 0 Å². The lowest BCUT2D eigenvalue weighted by molar-refractivity contribution is 0.0117. The molecule has 6 heteroatoms. The van der Waals surface area contributed by atoms with Crippen LogP contribution in [0.3, 0.4) is 0 Å². The molecule has 2 rings (SSSR count). The number of nitrogens with zero attached hydrogens (tertiary/aromatic N) is 4. The number of hydrogen-bond acceptors (Lipinski definition) is 5. The molecule has 0 saturated heterocycles. The number of aromatic nitrogens is 4. The Morgan fingerprint density at radius 2 is 2.10 bits per heavy atom. The second kappa shape index (κ2) is 6.22. The number of hydrogen-bond donors (Lipinski definition) is 1. The minimum Gasteiger partial charge on any atom is -0.371 e. The summed E-state index contributed by atoms with van der Waals surface area (Å²) in [5, 5.41) is 7.52. The summed E-state index contributed by atoms with van der Waals surface area (Å²) in [6, 6.07) is 1.95. The largest absolute Gasteiger partial charge is 0.371 e. The van der Waals surface area contributed by atoms with Crippen molar-refractivity contribution in [3.05, 3.63) is 24.3 Å². The summed E-state index contributed by atoms with van der Waals surface area (Å²) < 4.78 is 7.27. The lowest BCUT2D eigenvalue weighted by atomic mass is 10.1. The smallest absolute Gasteiger partial charge is 0.162 e. The molecular formula is C15H23N5O. The summed E-state index contributed by atoms with van der Waals surface area (Å²) in [6.07, 6.45) is 4.78. The Hall–Kier alpha value is -1.95. The molecule has 0 amide bonds. The summed E-state index contributed by atoms with van der Waals surface area (Å²) in [4.78, 5) is 9.21. The van der Waals surface area contributed by atoms with E-state index >= 15 is 0 Å². The highest BCUT2D eigenvalue weighted by molar-refractivity contribution is 5.61. The minimum atomic E-state index is -0.541. The fourth-order valence-corrected chi connectivity index (χ4v) is 1.85. The maximum absolute atomic E-state index is 5.51. The lowest BCUT2D eigenvalue weighted by Gasteiger charge is -2.22. The molecule has 0 fully saturated rings. The monoisotopic (exact) mass is 289 g/mol. The Morgan fingerprint density at radius 3 is 2.67 bits per heavy atom. The van der Waals surface area contributed by atoms with Gasteiger partial charge in [-0.25, -0.2) is 9.97 Å². The van der Waals surface area contributed by atoms with Gasteiger partial charge in [-0.2, -0.15) is 5.10 Å². The number of aryl methyl sites for hydroxylation is 1. The van der Waals surface area contributed by atoms with E-state index in [2.05, 4.69) is 27.3 Å². The van der Waals surface area contributed by atoms with Crippen LogP contribution in [-0.2, 0) is 17.4 Å². The van der Waals surface area contributed by atoms with Crippen LogP contribution in [0.2, 0.25) is 0 Å². The van der Waals surface area contributed by atoms with E-state index in [1.807, 2.05) is 33.2 Å². The van der Waals surface area contributed by atoms with Crippen molar-refractivity contribution in [2.75, 3.05) is 19.0 Å². The predicted octanol–water partition coefficient (Wildman–Crippen LogP) is 2.58. The molecule has 6 nitrogen and oxygen atoms in total. The van der Waals surface area contributed by atoms with Crippen LogP contribution in [0, 0.1) is 0 Å². The van der Waals surface area contributed by atoms with E-state index in [0.717, 1.165) is 30.0 Å². The lowest BCUT2D eigenvalue weighted by Crippen LogP contribution is -2.24. The first-order valence-electron chi connectivity index (χ1n) is 7.14. The summed E-state index contributed by atoms with van der Waals surface area (Å²) >= 11 is 0. The molecule has 0 aliphatic carbocycles. The molecule has 0 saturated carbocycles. The Labute approximate surface area is 125 Å². The van der Waals surface area contributed by atoms with Crippen molar-refractivity contribution in [3.8, 4) is 11.3 Å². The third-order valence-electron chi connectivity index (χ3n) is 3.33. The van der Waals surface area contributed by atoms with Crippen LogP contribution in [-0.4, -0.2) is 33.4 Å². The van der Waals surface area contributed by atoms with Crippen molar-refractivity contribution in [3.63, 3.8) is 0 Å². The van der Waals surface area contributed by atoms with Crippen LogP contribution in [0.5, 0.6) is 0 Å². The summed E-state index contributed by atoms with van der Waals surface area (Å²) in [7, 11) is 3.56. The van der Waals surface area contributed by atoms with Gasteiger partial charge < -0.3 is 10.1 Å². The SMILES string of the molecule is CCCNc1cc(-c2cnn(C)c2)nc(C(C)(C)OC)n1. The predicted molar refractivity (Wildman–Crippen MR) is 83.0 cm³/mol. The maximum atomic E-state index is 5.51. The van der Waals surface area contributed by atoms with Crippen molar-refractivity contribution in [2.24, 2.45) is 7.05 Å². The minimum absolute atomic E-state index is 0.541. The van der Waals surface area contributed by atoms with Gasteiger partial charge in [0.05, 0.1) is 11.9 Å². The molecule has 114 valence electrons. The van der Waals surface area contributed by atoms with Gasteiger partial charge in [0, 0.05) is 38.5 Å². The topological polar surface area (TPSA) is 64.9 Å². The highest BCUT2D eigenvalue weighted by atomic mass is 16.5. The normalized spacial score (nSPS) is 11.7. The summed E-state index contributed by atoms with van der Waals surface area (Å²) in [5.74, 6) is 1.47. The number of ether oxygens (including phenoxy) is 1. The van der Waals surface area contributed by atoms with E-state index in [0.29, 0.717) is 5.82 Å². The van der Waals surface area contributed by atoms with Crippen LogP contribution in [0.25, 0.3) is 11.3 Å². The molecule has 2 aromatic rings. The zero-order valence-electron chi connectivity index (χ0n) is 13.3. The van der Waals surface area contributed by atoms with E-state index < -0.39 is 5.60 Å². The van der Waals surface area contributed by atoms with Crippen LogP contribution in [0.4, 0.5) is 5.82 Å². The third kappa shape index (κ3) is 3.58. The molecule has 0 unspecified atom stereocenters. The zero-order valence-corrected chi connectivity index (χ0v) is 13.3. The van der Waals surface area contributed by atoms with Crippen molar-refractivity contribution in [1.82, 2.24) is 19.7 Å². The highest BCUT2D eigenvalue weighted by Crippen LogP contribution is 2.26. The second-order valence-corrected chi connectivity index (χ2v) is 5.51. The van der Waals surface area contributed by atoms with Gasteiger partial charge in [-0.05, 0) is 20.3 Å². The van der Waals surface area contributed by atoms with Gasteiger partial charge in [0.1, 0.15) is 11.4 Å². The Balaban J connectivity index is 2.46. The quantitative estimate of drug-likeness (QED) is 0.885. The summed E-state index contributed by atoms with van der Waals surface area (Å²) in [5.41, 5.74) is 1.27. The molecule has 0 aliphatic heterocycles. The van der Waals surface area contributed by atoms with Gasteiger partial charge in [-0.3, -0.25) is 4.68 Å². The van der Waals surface area contributed by atoms with Gasteiger partial charge >= 0.3 is 0 Å². The van der Waals surface area contributed by atoms with Crippen molar-refractivity contribution in [2.45, 2.75) is 32.8 Å². The Kier molecular flexibility index (Phi) is 4.57. The van der Waals surface area contributed by atoms with Gasteiger partial charge in [0.25, 0.3) is 0 Å². The zero-order chi connectivity index (χ0) is 15.5. The van der Waals surface area contributed by atoms with Crippen molar-refractivity contribution >= 4 is 5.82 Å². The first-order chi connectivity index (χ1) is 9.96. The molecule has 0 spiro atoms. The van der Waals surface area contributed by atoms with Gasteiger partial charge in [0.15, 0.2) is 5.82 Å². The average molecular weight is 289 g/mol. The first-order valence-corrected chi connectivity index (χ1v) is 7.14. The average Bonchev–Trinajstić information content (AvgIpc) is 2.91. The highest BCUT2D eigenvalue weighted by Gasteiger charge is 2.24. The maximum Gasteiger partial charge on any atom is 0.162 e. The van der Waals surface area contributed by atoms with Crippen molar-refractivity contribution in [1.29, 1.82) is 0 Å². The van der Waals surface area contributed by atoms with Gasteiger partial charge in [-0.15, -0.1) is 0 Å². The van der Waals surface area contributed by atoms with Crippen molar-refractivity contribution < 1.29 is 4.74 Å². The van der Waals surface area contributed by atoms with Gasteiger partial charge in [0.2, 0.25) is 0 Å². The third-order valence-corrected chi connectivity index (χ3v) is 3.33. The summed E-state index contributed by atoms with van der Waals surface area (Å²) in [6.45, 7) is 6.91. The molecule has 1 N–H and O–H groups in total. The van der Waals surface area contributed by atoms with E-state index in [4.69, 9.17) is 4.74 Å². The van der Waals surface area contributed by atoms with Crippen LogP contribution in [0.1, 0.15) is 33.0 Å². The molecule has 0 radical (unpaired) electrons. The standard InChI is InChI=1S/C15H23N5O/c1-6-7-16-13-8-12(11-9-17-20(4)10-11)18-14(19-13)15(2,3)21-5/h8-10H,6-7H2,1-5H3,(H,16,18,19). The molecule has 0 aromatic carbocycles. The fourth-order valence-electron chi connectivity index (χ4n) is 1.85. The van der Waals surface area contributed by atoms with Crippen LogP contribution in [0.15, 0.2) is 18.5 Å². The molecule has 0 atom stereocenters. The van der Waals surface area contributed by atoms with Crippen LogP contribution < -0.4 is 5.32 Å². The number of methoxy groups -OCH3 is 1. The van der Waals surface area contributed by atoms with E-state index in [1.165, 1.54) is 0 Å². The molecule has 21 heavy (non-hydrogen) atoms. The fraction of sp³-hybridized carbons (Fsp3) is 0.533. The number of nitrogens with one attached hydrogen (secondary N) is 1. The van der Waals surface area contributed by atoms with Gasteiger partial charge in [-0.1, -0.05) is 6.92 Å². The molecule has 2 aromatic heterocycles. The van der Waals surface area contributed by atoms with E-state index in [-0.39, 0.29) is 0 Å². The first kappa shape index (κ1) is 15.4. The Morgan fingerprint density at radius 1 is 1.33 bits per heavy atom. The Bertz CT molecular complexity index is 606. The number of rotatable bonds is 6. The second-order valence-electron chi connectivity index (χ2n) is 5.51. The molecular weight excluding hydrogens is 266 g/mol. The van der Waals surface area contributed by atoms with E-state index in [1.54, 1.807) is 18.0 Å². The van der Waals surface area contributed by atoms with E-state index in [9.17, 15) is 0 Å². The molecule has 0 aliphatic rings. The molecule has 2 heterocycles. The number of anilines is 1.